The molecular weight excluding hydrogens is 166 g/mol. The predicted molar refractivity (Wildman–Crippen MR) is 52.8 cm³/mol. The first-order valence-electron chi connectivity index (χ1n) is 3.67. The molecule has 0 aliphatic carbocycles. The first-order chi connectivity index (χ1) is 5.70. The van der Waals surface area contributed by atoms with Crippen LogP contribution in [-0.4, -0.2) is 11.1 Å². The molecule has 0 radical (unpaired) electrons. The van der Waals surface area contributed by atoms with Crippen LogP contribution >= 0.6 is 0 Å². The standard InChI is InChI=1S/C10H10O2.H3N/c1-8(10(11)12)7-9-5-3-2-4-6-9;/h2-7H,1H3,(H,11,12);1H3/b8-7+;. The number of hydrogen-bond donors (Lipinski definition) is 2. The lowest BCUT2D eigenvalue weighted by atomic mass is 10.1. The highest BCUT2D eigenvalue weighted by atomic mass is 16.4. The van der Waals surface area contributed by atoms with Gasteiger partial charge in [0.05, 0.1) is 0 Å². The Bertz CT molecular complexity index is 304. The monoisotopic (exact) mass is 179 g/mol. The molecule has 0 aromatic heterocycles. The normalized spacial score (nSPS) is 10.4. The fraction of sp³-hybridized carbons (Fsp3) is 0.100. The maximum absolute atomic E-state index is 10.4. The van der Waals surface area contributed by atoms with Crippen LogP contribution in [0.3, 0.4) is 0 Å². The Morgan fingerprint density at radius 2 is 1.85 bits per heavy atom. The maximum Gasteiger partial charge on any atom is 0.331 e. The van der Waals surface area contributed by atoms with E-state index in [0.717, 1.165) is 5.56 Å². The SMILES string of the molecule is C/C(=C\c1ccccc1)C(=O)O.N. The van der Waals surface area contributed by atoms with Crippen molar-refractivity contribution in [3.8, 4) is 0 Å². The van der Waals surface area contributed by atoms with E-state index in [1.807, 2.05) is 30.3 Å². The molecule has 0 atom stereocenters. The summed E-state index contributed by atoms with van der Waals surface area (Å²) >= 11 is 0. The molecule has 0 heterocycles. The lowest BCUT2D eigenvalue weighted by Crippen LogP contribution is -1.95. The van der Waals surface area contributed by atoms with Gasteiger partial charge in [-0.15, -0.1) is 0 Å². The minimum Gasteiger partial charge on any atom is -0.478 e. The van der Waals surface area contributed by atoms with E-state index in [2.05, 4.69) is 0 Å². The maximum atomic E-state index is 10.4. The first kappa shape index (κ1) is 11.4. The molecule has 0 amide bonds. The third-order valence-electron chi connectivity index (χ3n) is 1.52. The van der Waals surface area contributed by atoms with Crippen molar-refractivity contribution in [2.24, 2.45) is 0 Å². The van der Waals surface area contributed by atoms with E-state index in [9.17, 15) is 4.79 Å². The molecule has 70 valence electrons. The Morgan fingerprint density at radius 1 is 1.31 bits per heavy atom. The molecule has 0 unspecified atom stereocenters. The Morgan fingerprint density at radius 3 is 2.31 bits per heavy atom. The summed E-state index contributed by atoms with van der Waals surface area (Å²) in [7, 11) is 0. The van der Waals surface area contributed by atoms with Crippen LogP contribution in [0.1, 0.15) is 12.5 Å². The largest absolute Gasteiger partial charge is 0.478 e. The zero-order valence-corrected chi connectivity index (χ0v) is 7.53. The van der Waals surface area contributed by atoms with Gasteiger partial charge in [0.15, 0.2) is 0 Å². The number of rotatable bonds is 2. The third kappa shape index (κ3) is 3.53. The number of carboxylic acids is 1. The molecule has 0 fully saturated rings. The highest BCUT2D eigenvalue weighted by Gasteiger charge is 1.98. The van der Waals surface area contributed by atoms with Crippen LogP contribution < -0.4 is 6.15 Å². The van der Waals surface area contributed by atoms with Crippen LogP contribution in [0, 0.1) is 0 Å². The molecule has 1 aromatic rings. The second-order valence-electron chi connectivity index (χ2n) is 2.54. The van der Waals surface area contributed by atoms with Crippen molar-refractivity contribution in [3.63, 3.8) is 0 Å². The molecule has 0 aliphatic heterocycles. The van der Waals surface area contributed by atoms with Gasteiger partial charge in [0.2, 0.25) is 0 Å². The molecule has 3 heteroatoms. The summed E-state index contributed by atoms with van der Waals surface area (Å²) in [5, 5.41) is 8.58. The lowest BCUT2D eigenvalue weighted by Gasteiger charge is -1.93. The van der Waals surface area contributed by atoms with Gasteiger partial charge in [-0.05, 0) is 18.6 Å². The molecule has 1 rings (SSSR count). The van der Waals surface area contributed by atoms with E-state index in [1.165, 1.54) is 0 Å². The van der Waals surface area contributed by atoms with Crippen molar-refractivity contribution in [2.75, 3.05) is 0 Å². The summed E-state index contributed by atoms with van der Waals surface area (Å²) in [6.07, 6.45) is 1.64. The molecule has 0 saturated heterocycles. The smallest absolute Gasteiger partial charge is 0.331 e. The first-order valence-corrected chi connectivity index (χ1v) is 3.67. The summed E-state index contributed by atoms with van der Waals surface area (Å²) in [5.41, 5.74) is 1.26. The van der Waals surface area contributed by atoms with Gasteiger partial charge in [0.25, 0.3) is 0 Å². The van der Waals surface area contributed by atoms with Crippen molar-refractivity contribution in [3.05, 3.63) is 41.5 Å². The molecular formula is C10H13NO2. The second-order valence-corrected chi connectivity index (χ2v) is 2.54. The lowest BCUT2D eigenvalue weighted by molar-refractivity contribution is -0.132. The van der Waals surface area contributed by atoms with Crippen LogP contribution in [0.25, 0.3) is 6.08 Å². The van der Waals surface area contributed by atoms with Gasteiger partial charge in [-0.25, -0.2) is 4.79 Å². The van der Waals surface area contributed by atoms with Crippen LogP contribution in [-0.2, 0) is 4.79 Å². The summed E-state index contributed by atoms with van der Waals surface area (Å²) in [6.45, 7) is 1.58. The molecule has 0 spiro atoms. The van der Waals surface area contributed by atoms with Gasteiger partial charge in [0.1, 0.15) is 0 Å². The minimum atomic E-state index is -0.876. The number of benzene rings is 1. The summed E-state index contributed by atoms with van der Waals surface area (Å²) in [6, 6.07) is 9.38. The minimum absolute atomic E-state index is 0. The Balaban J connectivity index is 0.00000144. The van der Waals surface area contributed by atoms with Gasteiger partial charge >= 0.3 is 5.97 Å². The molecule has 0 saturated carbocycles. The van der Waals surface area contributed by atoms with Gasteiger partial charge in [-0.3, -0.25) is 0 Å². The Kier molecular flexibility index (Phi) is 4.48. The van der Waals surface area contributed by atoms with Crippen LogP contribution in [0.2, 0.25) is 0 Å². The Hall–Kier alpha value is -1.61. The third-order valence-corrected chi connectivity index (χ3v) is 1.52. The van der Waals surface area contributed by atoms with Gasteiger partial charge in [0, 0.05) is 5.57 Å². The number of aliphatic carboxylic acids is 1. The summed E-state index contributed by atoms with van der Waals surface area (Å²) in [5.74, 6) is -0.876. The molecule has 13 heavy (non-hydrogen) atoms. The van der Waals surface area contributed by atoms with Crippen molar-refractivity contribution < 1.29 is 9.90 Å². The Labute approximate surface area is 77.3 Å². The van der Waals surface area contributed by atoms with E-state index in [0.29, 0.717) is 5.57 Å². The van der Waals surface area contributed by atoms with E-state index in [1.54, 1.807) is 13.0 Å². The van der Waals surface area contributed by atoms with Crippen molar-refractivity contribution in [1.82, 2.24) is 6.15 Å². The highest BCUT2D eigenvalue weighted by molar-refractivity contribution is 5.91. The molecule has 1 aromatic carbocycles. The second kappa shape index (κ2) is 5.11. The van der Waals surface area contributed by atoms with E-state index >= 15 is 0 Å². The molecule has 0 bridgehead atoms. The number of hydrogen-bond acceptors (Lipinski definition) is 2. The zero-order chi connectivity index (χ0) is 8.97. The molecule has 0 aliphatic rings. The summed E-state index contributed by atoms with van der Waals surface area (Å²) in [4.78, 5) is 10.4. The average Bonchev–Trinajstić information content (AvgIpc) is 2.06. The topological polar surface area (TPSA) is 72.3 Å². The summed E-state index contributed by atoms with van der Waals surface area (Å²) < 4.78 is 0. The van der Waals surface area contributed by atoms with Gasteiger partial charge < -0.3 is 11.3 Å². The van der Waals surface area contributed by atoms with Crippen LogP contribution in [0.4, 0.5) is 0 Å². The zero-order valence-electron chi connectivity index (χ0n) is 7.53. The van der Waals surface area contributed by atoms with Crippen molar-refractivity contribution in [2.45, 2.75) is 6.92 Å². The van der Waals surface area contributed by atoms with E-state index in [-0.39, 0.29) is 6.15 Å². The molecule has 4 N–H and O–H groups in total. The fourth-order valence-corrected chi connectivity index (χ4v) is 0.861. The van der Waals surface area contributed by atoms with E-state index in [4.69, 9.17) is 5.11 Å². The highest BCUT2D eigenvalue weighted by Crippen LogP contribution is 2.05. The van der Waals surface area contributed by atoms with Gasteiger partial charge in [-0.1, -0.05) is 30.3 Å². The number of carboxylic acid groups (broad SMARTS) is 1. The van der Waals surface area contributed by atoms with Crippen molar-refractivity contribution >= 4 is 12.0 Å². The average molecular weight is 179 g/mol. The molecule has 3 nitrogen and oxygen atoms in total. The van der Waals surface area contributed by atoms with Crippen LogP contribution in [0.5, 0.6) is 0 Å². The fourth-order valence-electron chi connectivity index (χ4n) is 0.861. The number of carbonyl (C=O) groups is 1. The predicted octanol–water partition coefficient (Wildman–Crippen LogP) is 2.34. The van der Waals surface area contributed by atoms with Crippen LogP contribution in [0.15, 0.2) is 35.9 Å². The van der Waals surface area contributed by atoms with E-state index < -0.39 is 5.97 Å². The quantitative estimate of drug-likeness (QED) is 0.684. The van der Waals surface area contributed by atoms with Crippen molar-refractivity contribution in [1.29, 1.82) is 0 Å². The van der Waals surface area contributed by atoms with Gasteiger partial charge in [-0.2, -0.15) is 0 Å².